The Hall–Kier alpha value is -3.30. The van der Waals surface area contributed by atoms with Gasteiger partial charge < -0.3 is 20.2 Å². The van der Waals surface area contributed by atoms with Crippen molar-refractivity contribution in [2.24, 2.45) is 0 Å². The molecule has 0 saturated heterocycles. The van der Waals surface area contributed by atoms with Crippen molar-refractivity contribution < 1.29 is 37.1 Å². The predicted molar refractivity (Wildman–Crippen MR) is 92.6 cm³/mol. The number of aromatic carboxylic acids is 1. The number of furan rings is 1. The van der Waals surface area contributed by atoms with Crippen molar-refractivity contribution in [1.82, 2.24) is 5.32 Å². The number of halogens is 3. The molecule has 3 N–H and O–H groups in total. The minimum absolute atomic E-state index is 0.0786. The highest BCUT2D eigenvalue weighted by atomic mass is 19.4. The maximum atomic E-state index is 12.4. The van der Waals surface area contributed by atoms with E-state index in [-0.39, 0.29) is 34.8 Å². The van der Waals surface area contributed by atoms with Crippen molar-refractivity contribution in [3.8, 4) is 0 Å². The first-order valence-corrected chi connectivity index (χ1v) is 8.14. The number of carboxylic acid groups (broad SMARTS) is 1. The lowest BCUT2D eigenvalue weighted by Gasteiger charge is -2.11. The number of carboxylic acids is 1. The maximum absolute atomic E-state index is 12.4. The highest BCUT2D eigenvalue weighted by Crippen LogP contribution is 2.21. The van der Waals surface area contributed by atoms with Crippen molar-refractivity contribution in [3.63, 3.8) is 0 Å². The first kappa shape index (κ1) is 21.0. The van der Waals surface area contributed by atoms with Gasteiger partial charge in [0, 0.05) is 23.7 Å². The Morgan fingerprint density at radius 3 is 2.36 bits per heavy atom. The lowest BCUT2D eigenvalue weighted by Crippen LogP contribution is -2.33. The number of anilines is 1. The third-order valence-electron chi connectivity index (χ3n) is 3.78. The van der Waals surface area contributed by atoms with E-state index in [1.54, 1.807) is 19.2 Å². The van der Waals surface area contributed by atoms with Gasteiger partial charge in [-0.15, -0.1) is 0 Å². The minimum Gasteiger partial charge on any atom is -0.478 e. The summed E-state index contributed by atoms with van der Waals surface area (Å²) in [5.74, 6) is -3.04. The van der Waals surface area contributed by atoms with Crippen LogP contribution in [-0.4, -0.2) is 35.6 Å². The summed E-state index contributed by atoms with van der Waals surface area (Å²) in [6.45, 7) is 1.81. The van der Waals surface area contributed by atoms with Gasteiger partial charge in [0.2, 0.25) is 0 Å². The van der Waals surface area contributed by atoms with E-state index < -0.39 is 30.5 Å². The van der Waals surface area contributed by atoms with Crippen LogP contribution in [0.15, 0.2) is 28.7 Å². The number of aryl methyl sites for hydroxylation is 2. The Labute approximate surface area is 157 Å². The molecule has 7 nitrogen and oxygen atoms in total. The van der Waals surface area contributed by atoms with E-state index >= 15 is 0 Å². The van der Waals surface area contributed by atoms with Gasteiger partial charge in [0.05, 0.1) is 0 Å². The number of carbonyl (C=O) groups excluding carboxylic acids is 2. The van der Waals surface area contributed by atoms with E-state index in [1.165, 1.54) is 18.2 Å². The van der Waals surface area contributed by atoms with Crippen LogP contribution in [0.4, 0.5) is 18.9 Å². The smallest absolute Gasteiger partial charge is 0.405 e. The average molecular weight is 398 g/mol. The number of hydrogen-bond acceptors (Lipinski definition) is 4. The standard InChI is InChI=1S/C18H17F3N2O5/c1-3-13-11(17(26)27)7-14(28-13)16(25)23-12-6-10(5-4-9(12)2)15(24)22-8-18(19,20)21/h4-7H,3,8H2,1-2H3,(H,22,24)(H,23,25)(H,26,27). The second-order valence-electron chi connectivity index (χ2n) is 5.89. The predicted octanol–water partition coefficient (Wildman–Crippen LogP) is 3.39. The van der Waals surface area contributed by atoms with Gasteiger partial charge in [-0.3, -0.25) is 9.59 Å². The normalized spacial score (nSPS) is 11.2. The summed E-state index contributed by atoms with van der Waals surface area (Å²) < 4.78 is 42.0. The van der Waals surface area contributed by atoms with Gasteiger partial charge in [-0.2, -0.15) is 13.2 Å². The molecule has 2 amide bonds. The molecule has 1 heterocycles. The number of hydrogen-bond donors (Lipinski definition) is 3. The summed E-state index contributed by atoms with van der Waals surface area (Å²) in [5, 5.41) is 13.3. The van der Waals surface area contributed by atoms with Crippen LogP contribution in [0, 0.1) is 6.92 Å². The average Bonchev–Trinajstić information content (AvgIpc) is 3.05. The molecule has 150 valence electrons. The molecule has 0 aliphatic heterocycles. The van der Waals surface area contributed by atoms with Crippen molar-refractivity contribution in [1.29, 1.82) is 0 Å². The minimum atomic E-state index is -4.55. The summed E-state index contributed by atoms with van der Waals surface area (Å²) >= 11 is 0. The number of amides is 2. The van der Waals surface area contributed by atoms with Gasteiger partial charge >= 0.3 is 12.1 Å². The van der Waals surface area contributed by atoms with Crippen molar-refractivity contribution >= 4 is 23.5 Å². The van der Waals surface area contributed by atoms with Gasteiger partial charge in [0.25, 0.3) is 11.8 Å². The summed E-state index contributed by atoms with van der Waals surface area (Å²) in [6.07, 6.45) is -4.28. The fraction of sp³-hybridized carbons (Fsp3) is 0.278. The highest BCUT2D eigenvalue weighted by molar-refractivity contribution is 6.05. The fourth-order valence-electron chi connectivity index (χ4n) is 2.35. The zero-order chi connectivity index (χ0) is 21.1. The molecular formula is C18H17F3N2O5. The van der Waals surface area contributed by atoms with Crippen LogP contribution in [-0.2, 0) is 6.42 Å². The van der Waals surface area contributed by atoms with E-state index in [2.05, 4.69) is 5.32 Å². The zero-order valence-corrected chi connectivity index (χ0v) is 14.9. The topological polar surface area (TPSA) is 109 Å². The van der Waals surface area contributed by atoms with E-state index in [0.717, 1.165) is 6.07 Å². The van der Waals surface area contributed by atoms with Gasteiger partial charge in [-0.1, -0.05) is 13.0 Å². The van der Waals surface area contributed by atoms with Crippen LogP contribution in [0.3, 0.4) is 0 Å². The molecule has 1 aromatic heterocycles. The molecule has 0 spiro atoms. The molecule has 0 fully saturated rings. The van der Waals surface area contributed by atoms with Crippen LogP contribution < -0.4 is 10.6 Å². The molecule has 0 radical (unpaired) electrons. The zero-order valence-electron chi connectivity index (χ0n) is 14.9. The van der Waals surface area contributed by atoms with Gasteiger partial charge in [-0.25, -0.2) is 4.79 Å². The van der Waals surface area contributed by atoms with Crippen molar-refractivity contribution in [2.75, 3.05) is 11.9 Å². The van der Waals surface area contributed by atoms with Crippen LogP contribution in [0.25, 0.3) is 0 Å². The molecule has 0 bridgehead atoms. The Morgan fingerprint density at radius 1 is 1.14 bits per heavy atom. The molecule has 0 unspecified atom stereocenters. The van der Waals surface area contributed by atoms with E-state index in [9.17, 15) is 27.6 Å². The van der Waals surface area contributed by atoms with E-state index in [1.807, 2.05) is 0 Å². The van der Waals surface area contributed by atoms with Gasteiger partial charge in [0.1, 0.15) is 17.9 Å². The molecule has 10 heteroatoms. The highest BCUT2D eigenvalue weighted by Gasteiger charge is 2.28. The van der Waals surface area contributed by atoms with Gasteiger partial charge in [0.15, 0.2) is 5.76 Å². The maximum Gasteiger partial charge on any atom is 0.405 e. The van der Waals surface area contributed by atoms with Crippen LogP contribution in [0.2, 0.25) is 0 Å². The van der Waals surface area contributed by atoms with Crippen molar-refractivity contribution in [3.05, 3.63) is 52.5 Å². The van der Waals surface area contributed by atoms with Crippen molar-refractivity contribution in [2.45, 2.75) is 26.4 Å². The van der Waals surface area contributed by atoms with E-state index in [4.69, 9.17) is 9.52 Å². The molecule has 0 aliphatic carbocycles. The number of rotatable bonds is 6. The molecule has 0 saturated carbocycles. The molecule has 2 aromatic rings. The number of carbonyl (C=O) groups is 3. The number of nitrogens with one attached hydrogen (secondary N) is 2. The third-order valence-corrected chi connectivity index (χ3v) is 3.78. The summed E-state index contributed by atoms with van der Waals surface area (Å²) in [6, 6.07) is 5.09. The Balaban J connectivity index is 2.21. The fourth-order valence-corrected chi connectivity index (χ4v) is 2.35. The first-order chi connectivity index (χ1) is 13.0. The van der Waals surface area contributed by atoms with E-state index in [0.29, 0.717) is 5.56 Å². The quantitative estimate of drug-likeness (QED) is 0.691. The first-order valence-electron chi connectivity index (χ1n) is 8.14. The molecule has 2 rings (SSSR count). The Bertz CT molecular complexity index is 918. The largest absolute Gasteiger partial charge is 0.478 e. The Kier molecular flexibility index (Phi) is 6.12. The summed E-state index contributed by atoms with van der Waals surface area (Å²) in [4.78, 5) is 35.4. The summed E-state index contributed by atoms with van der Waals surface area (Å²) in [5.41, 5.74) is 0.507. The Morgan fingerprint density at radius 2 is 1.82 bits per heavy atom. The SMILES string of the molecule is CCc1oc(C(=O)Nc2cc(C(=O)NCC(F)(F)F)ccc2C)cc1C(=O)O. The molecule has 0 atom stereocenters. The molecule has 0 aliphatic rings. The van der Waals surface area contributed by atoms with Crippen LogP contribution >= 0.6 is 0 Å². The lowest BCUT2D eigenvalue weighted by molar-refractivity contribution is -0.123. The molecule has 28 heavy (non-hydrogen) atoms. The molecule has 1 aromatic carbocycles. The number of alkyl halides is 3. The summed E-state index contributed by atoms with van der Waals surface area (Å²) in [7, 11) is 0. The lowest BCUT2D eigenvalue weighted by atomic mass is 10.1. The second-order valence-corrected chi connectivity index (χ2v) is 5.89. The second kappa shape index (κ2) is 8.15. The third kappa shape index (κ3) is 5.12. The van der Waals surface area contributed by atoms with Crippen LogP contribution in [0.1, 0.15) is 49.5 Å². The molecular weight excluding hydrogens is 381 g/mol. The monoisotopic (exact) mass is 398 g/mol. The van der Waals surface area contributed by atoms with Crippen LogP contribution in [0.5, 0.6) is 0 Å². The number of benzene rings is 1. The van der Waals surface area contributed by atoms with Gasteiger partial charge in [-0.05, 0) is 24.6 Å².